The maximum atomic E-state index is 13.9. The van der Waals surface area contributed by atoms with Crippen molar-refractivity contribution in [1.29, 1.82) is 5.26 Å². The Hall–Kier alpha value is -3.53. The molecule has 3 aromatic carbocycles. The van der Waals surface area contributed by atoms with Crippen LogP contribution in [-0.4, -0.2) is 17.1 Å². The molecule has 0 unspecified atom stereocenters. The molecule has 0 saturated carbocycles. The molecule has 1 aromatic heterocycles. The number of ether oxygens (including phenoxy) is 2. The average molecular weight is 754 g/mol. The van der Waals surface area contributed by atoms with Gasteiger partial charge in [0.2, 0.25) is 0 Å². The highest BCUT2D eigenvalue weighted by Crippen LogP contribution is 2.33. The number of halogens is 2. The number of esters is 1. The molecule has 1 aliphatic rings. The summed E-state index contributed by atoms with van der Waals surface area (Å²) in [6.07, 6.45) is 1.83. The van der Waals surface area contributed by atoms with Gasteiger partial charge in [-0.15, -0.1) is 0 Å². The zero-order chi connectivity index (χ0) is 30.0. The Morgan fingerprint density at radius 3 is 2.52 bits per heavy atom. The summed E-state index contributed by atoms with van der Waals surface area (Å²) in [6, 6.07) is 20.4. The van der Waals surface area contributed by atoms with E-state index in [2.05, 4.69) is 49.6 Å². The highest BCUT2D eigenvalue weighted by Gasteiger charge is 2.33. The van der Waals surface area contributed by atoms with E-state index < -0.39 is 12.0 Å². The van der Waals surface area contributed by atoms with Crippen molar-refractivity contribution >= 4 is 61.9 Å². The van der Waals surface area contributed by atoms with E-state index >= 15 is 0 Å². The van der Waals surface area contributed by atoms with E-state index in [4.69, 9.17) is 14.7 Å². The first-order valence-corrected chi connectivity index (χ1v) is 15.8. The van der Waals surface area contributed by atoms with Crippen LogP contribution in [0.25, 0.3) is 6.08 Å². The van der Waals surface area contributed by atoms with Gasteiger partial charge in [0.25, 0.3) is 5.56 Å². The molecule has 2 heterocycles. The Balaban J connectivity index is 1.53. The van der Waals surface area contributed by atoms with Gasteiger partial charge in [0.05, 0.1) is 48.1 Å². The molecule has 5 rings (SSSR count). The highest BCUT2D eigenvalue weighted by molar-refractivity contribution is 14.1. The molecule has 10 heteroatoms. The van der Waals surface area contributed by atoms with Gasteiger partial charge >= 0.3 is 5.97 Å². The third-order valence-electron chi connectivity index (χ3n) is 6.69. The van der Waals surface area contributed by atoms with Crippen LogP contribution in [0, 0.1) is 21.8 Å². The van der Waals surface area contributed by atoms with E-state index in [1.807, 2.05) is 61.5 Å². The average Bonchev–Trinajstić information content (AvgIpc) is 3.26. The predicted octanol–water partition coefficient (Wildman–Crippen LogP) is 5.92. The van der Waals surface area contributed by atoms with Gasteiger partial charge in [-0.1, -0.05) is 53.3 Å². The number of thiazole rings is 1. The number of allylic oxidation sites excluding steroid dienone is 1. The summed E-state index contributed by atoms with van der Waals surface area (Å²) < 4.78 is 15.2. The van der Waals surface area contributed by atoms with E-state index in [9.17, 15) is 9.59 Å². The number of benzene rings is 3. The summed E-state index contributed by atoms with van der Waals surface area (Å²) in [5.74, 6) is 0.210. The summed E-state index contributed by atoms with van der Waals surface area (Å²) in [5, 5.41) is 9.01. The first kappa shape index (κ1) is 29.9. The largest absolute Gasteiger partial charge is 0.487 e. The Bertz CT molecular complexity index is 1910. The first-order chi connectivity index (χ1) is 20.2. The van der Waals surface area contributed by atoms with Gasteiger partial charge in [0.15, 0.2) is 4.80 Å². The number of aromatic nitrogens is 1. The maximum Gasteiger partial charge on any atom is 0.338 e. The van der Waals surface area contributed by atoms with Crippen molar-refractivity contribution in [1.82, 2.24) is 4.57 Å². The second-order valence-corrected chi connectivity index (χ2v) is 12.6. The number of carbonyl (C=O) groups is 1. The zero-order valence-electron chi connectivity index (χ0n) is 23.0. The van der Waals surface area contributed by atoms with Gasteiger partial charge in [0.1, 0.15) is 12.4 Å². The number of nitrogens with zero attached hydrogens (tertiary/aromatic N) is 3. The Morgan fingerprint density at radius 2 is 1.88 bits per heavy atom. The van der Waals surface area contributed by atoms with Crippen LogP contribution in [0.5, 0.6) is 5.75 Å². The number of fused-ring (bicyclic) bond motifs is 1. The summed E-state index contributed by atoms with van der Waals surface area (Å²) >= 11 is 7.12. The van der Waals surface area contributed by atoms with E-state index in [1.54, 1.807) is 30.5 Å². The topological polar surface area (TPSA) is 93.7 Å². The van der Waals surface area contributed by atoms with Crippen molar-refractivity contribution in [3.8, 4) is 11.8 Å². The van der Waals surface area contributed by atoms with Crippen LogP contribution in [0.2, 0.25) is 0 Å². The van der Waals surface area contributed by atoms with Crippen molar-refractivity contribution in [2.75, 3.05) is 6.61 Å². The molecule has 4 aromatic rings. The molecule has 0 aliphatic carbocycles. The van der Waals surface area contributed by atoms with Crippen LogP contribution in [0.3, 0.4) is 0 Å². The van der Waals surface area contributed by atoms with Gasteiger partial charge in [-0.3, -0.25) is 9.36 Å². The van der Waals surface area contributed by atoms with Gasteiger partial charge in [-0.05, 0) is 106 Å². The minimum absolute atomic E-state index is 0.224. The molecule has 1 aliphatic heterocycles. The molecular formula is C32H25BrIN3O4S. The van der Waals surface area contributed by atoms with Crippen LogP contribution in [0.4, 0.5) is 0 Å². The molecule has 0 fully saturated rings. The Labute approximate surface area is 268 Å². The van der Waals surface area contributed by atoms with Crippen LogP contribution in [-0.2, 0) is 16.1 Å². The minimum Gasteiger partial charge on any atom is -0.487 e. The number of hydrogen-bond donors (Lipinski definition) is 0. The fourth-order valence-electron chi connectivity index (χ4n) is 4.64. The summed E-state index contributed by atoms with van der Waals surface area (Å²) in [5.41, 5.74) is 4.92. The van der Waals surface area contributed by atoms with Gasteiger partial charge in [-0.25, -0.2) is 9.79 Å². The number of nitriles is 1. The van der Waals surface area contributed by atoms with E-state index in [1.165, 1.54) is 11.3 Å². The predicted molar refractivity (Wildman–Crippen MR) is 174 cm³/mol. The lowest BCUT2D eigenvalue weighted by Gasteiger charge is -2.24. The molecule has 42 heavy (non-hydrogen) atoms. The second kappa shape index (κ2) is 12.8. The fourth-order valence-corrected chi connectivity index (χ4v) is 7.45. The smallest absolute Gasteiger partial charge is 0.338 e. The molecule has 0 spiro atoms. The molecule has 0 saturated heterocycles. The summed E-state index contributed by atoms with van der Waals surface area (Å²) in [7, 11) is 0. The van der Waals surface area contributed by atoms with Crippen molar-refractivity contribution in [3.05, 3.63) is 127 Å². The minimum atomic E-state index is -0.645. The number of rotatable bonds is 7. The Kier molecular flexibility index (Phi) is 9.11. The molecule has 212 valence electrons. The quantitative estimate of drug-likeness (QED) is 0.173. The third kappa shape index (κ3) is 6.14. The molecule has 0 bridgehead atoms. The normalized spacial score (nSPS) is 14.7. The molecule has 0 N–H and O–H groups in total. The van der Waals surface area contributed by atoms with Crippen LogP contribution < -0.4 is 19.6 Å². The van der Waals surface area contributed by atoms with Crippen LogP contribution in [0.1, 0.15) is 47.7 Å². The van der Waals surface area contributed by atoms with E-state index in [-0.39, 0.29) is 12.2 Å². The highest BCUT2D eigenvalue weighted by atomic mass is 127. The van der Waals surface area contributed by atoms with Gasteiger partial charge in [0, 0.05) is 0 Å². The molecule has 0 amide bonds. The maximum absolute atomic E-state index is 13.9. The summed E-state index contributed by atoms with van der Waals surface area (Å²) in [4.78, 5) is 32.1. The monoisotopic (exact) mass is 753 g/mol. The van der Waals surface area contributed by atoms with E-state index in [0.29, 0.717) is 38.5 Å². The SMILES string of the molecule is CCOC(=O)C1=C(C)N=c2s/c(=C\c3cc(Br)c(OCc4ccc(C#N)cc4)c(I)c3)c(=O)n2[C@@H]1c1ccc(C)cc1. The number of carbonyl (C=O) groups excluding carboxylic acids is 1. The van der Waals surface area contributed by atoms with E-state index in [0.717, 1.165) is 30.3 Å². The molecule has 0 radical (unpaired) electrons. The molecule has 7 nitrogen and oxygen atoms in total. The van der Waals surface area contributed by atoms with Crippen LogP contribution >= 0.6 is 49.9 Å². The first-order valence-electron chi connectivity index (χ1n) is 13.1. The van der Waals surface area contributed by atoms with Crippen molar-refractivity contribution in [2.24, 2.45) is 4.99 Å². The van der Waals surface area contributed by atoms with Gasteiger partial charge < -0.3 is 9.47 Å². The second-order valence-electron chi connectivity index (χ2n) is 9.62. The fraction of sp³-hybridized carbons (Fsp3) is 0.188. The van der Waals surface area contributed by atoms with Crippen molar-refractivity contribution in [3.63, 3.8) is 0 Å². The number of hydrogen-bond acceptors (Lipinski definition) is 7. The summed E-state index contributed by atoms with van der Waals surface area (Å²) in [6.45, 7) is 6.10. The van der Waals surface area contributed by atoms with Crippen molar-refractivity contribution in [2.45, 2.75) is 33.4 Å². The lowest BCUT2D eigenvalue weighted by Crippen LogP contribution is -2.39. The van der Waals surface area contributed by atoms with Gasteiger partial charge in [-0.2, -0.15) is 5.26 Å². The lowest BCUT2D eigenvalue weighted by molar-refractivity contribution is -0.139. The standard InChI is InChI=1S/C32H25BrIN3O4S/c1-4-40-31(39)27-19(3)36-32-37(28(27)23-11-5-18(2)6-12-23)30(38)26(42-32)15-22-13-24(33)29(25(34)14-22)41-17-21-9-7-20(16-35)8-10-21/h5-15,28H,4,17H2,1-3H3/b26-15-/t28-/m1/s1. The third-order valence-corrected chi connectivity index (χ3v) is 9.07. The zero-order valence-corrected chi connectivity index (χ0v) is 27.5. The lowest BCUT2D eigenvalue weighted by atomic mass is 9.95. The van der Waals surface area contributed by atoms with Crippen molar-refractivity contribution < 1.29 is 14.3 Å². The van der Waals surface area contributed by atoms with Crippen LogP contribution in [0.15, 0.2) is 86.2 Å². The molecule has 1 atom stereocenters. The number of aryl methyl sites for hydroxylation is 1. The Morgan fingerprint density at radius 1 is 1.17 bits per heavy atom. The molecular weight excluding hydrogens is 729 g/mol.